The molecule has 0 fully saturated rings. The fourth-order valence-electron chi connectivity index (χ4n) is 3.66. The van der Waals surface area contributed by atoms with Crippen LogP contribution in [0, 0.1) is 5.92 Å². The minimum Gasteiger partial charge on any atom is -0.497 e. The first-order valence-corrected chi connectivity index (χ1v) is 14.2. The van der Waals surface area contributed by atoms with E-state index in [0.717, 1.165) is 16.9 Å². The number of methoxy groups -OCH3 is 1. The smallest absolute Gasteiger partial charge is 0.249 e. The number of carbonyl (C=O) groups is 1. The average Bonchev–Trinajstić information content (AvgIpc) is 2.86. The Balaban J connectivity index is 1.96. The standard InChI is InChI=1S/C27H40N2O6S/c1-20(2)12-14-36(33,34)15-13-25(30)27(32)29-24(17-21-8-5-4-6-9-21)26(31)19-28-18-22-10-7-11-23(16-22)35-3/h4-11,16,20,24-26,28,30-31H,12-15,17-19H2,1-3H3,(H,29,32)/t24-,25?,26-/m0/s1. The quantitative estimate of drug-likeness (QED) is 0.267. The number of benzene rings is 2. The lowest BCUT2D eigenvalue weighted by atomic mass is 10.0. The molecule has 8 nitrogen and oxygen atoms in total. The van der Waals surface area contributed by atoms with E-state index >= 15 is 0 Å². The van der Waals surface area contributed by atoms with Crippen LogP contribution in [-0.4, -0.2) is 67.9 Å². The van der Waals surface area contributed by atoms with Crippen molar-refractivity contribution in [1.82, 2.24) is 10.6 Å². The fourth-order valence-corrected chi connectivity index (χ4v) is 5.28. The summed E-state index contributed by atoms with van der Waals surface area (Å²) in [4.78, 5) is 12.7. The topological polar surface area (TPSA) is 125 Å². The van der Waals surface area contributed by atoms with Gasteiger partial charge in [0.05, 0.1) is 30.8 Å². The van der Waals surface area contributed by atoms with Gasteiger partial charge in [-0.05, 0) is 48.4 Å². The van der Waals surface area contributed by atoms with E-state index in [1.807, 2.05) is 68.4 Å². The van der Waals surface area contributed by atoms with Crippen LogP contribution in [0.1, 0.15) is 37.8 Å². The molecular formula is C27H40N2O6S. The second-order valence-electron chi connectivity index (χ2n) is 9.49. The third-order valence-corrected chi connectivity index (χ3v) is 7.63. The van der Waals surface area contributed by atoms with Crippen LogP contribution >= 0.6 is 0 Å². The molecule has 0 aliphatic rings. The van der Waals surface area contributed by atoms with Gasteiger partial charge < -0.3 is 25.6 Å². The van der Waals surface area contributed by atoms with E-state index < -0.39 is 34.0 Å². The number of rotatable bonds is 16. The summed E-state index contributed by atoms with van der Waals surface area (Å²) < 4.78 is 29.7. The first-order valence-electron chi connectivity index (χ1n) is 12.3. The zero-order valence-corrected chi connectivity index (χ0v) is 22.2. The highest BCUT2D eigenvalue weighted by Crippen LogP contribution is 2.13. The van der Waals surface area contributed by atoms with Gasteiger partial charge in [-0.2, -0.15) is 0 Å². The molecule has 36 heavy (non-hydrogen) atoms. The van der Waals surface area contributed by atoms with E-state index in [-0.39, 0.29) is 30.4 Å². The fraction of sp³-hybridized carbons (Fsp3) is 0.519. The summed E-state index contributed by atoms with van der Waals surface area (Å²) >= 11 is 0. The number of nitrogens with one attached hydrogen (secondary N) is 2. The molecule has 3 atom stereocenters. The number of hydrogen-bond acceptors (Lipinski definition) is 7. The molecule has 0 spiro atoms. The van der Waals surface area contributed by atoms with Gasteiger partial charge in [0.1, 0.15) is 21.7 Å². The Labute approximate surface area is 215 Å². The van der Waals surface area contributed by atoms with Gasteiger partial charge in [-0.25, -0.2) is 8.42 Å². The van der Waals surface area contributed by atoms with Gasteiger partial charge in [-0.15, -0.1) is 0 Å². The van der Waals surface area contributed by atoms with Crippen molar-refractivity contribution in [2.45, 2.75) is 57.9 Å². The lowest BCUT2D eigenvalue weighted by Gasteiger charge is -2.26. The molecule has 1 unspecified atom stereocenters. The van der Waals surface area contributed by atoms with Crippen molar-refractivity contribution < 1.29 is 28.2 Å². The molecule has 0 radical (unpaired) electrons. The summed E-state index contributed by atoms with van der Waals surface area (Å²) in [5, 5.41) is 27.1. The Morgan fingerprint density at radius 3 is 2.31 bits per heavy atom. The van der Waals surface area contributed by atoms with Gasteiger partial charge in [-0.3, -0.25) is 4.79 Å². The number of sulfone groups is 1. The van der Waals surface area contributed by atoms with Crippen molar-refractivity contribution in [3.63, 3.8) is 0 Å². The van der Waals surface area contributed by atoms with E-state index in [1.54, 1.807) is 7.11 Å². The van der Waals surface area contributed by atoms with Crippen LogP contribution in [0.2, 0.25) is 0 Å². The summed E-state index contributed by atoms with van der Waals surface area (Å²) in [6, 6.07) is 16.3. The summed E-state index contributed by atoms with van der Waals surface area (Å²) in [6.07, 6.45) is -1.71. The molecular weight excluding hydrogens is 480 g/mol. The molecule has 0 aromatic heterocycles. The second-order valence-corrected chi connectivity index (χ2v) is 11.8. The lowest BCUT2D eigenvalue weighted by Crippen LogP contribution is -2.51. The first-order chi connectivity index (χ1) is 17.1. The summed E-state index contributed by atoms with van der Waals surface area (Å²) in [7, 11) is -1.75. The normalized spacial score (nSPS) is 14.3. The van der Waals surface area contributed by atoms with E-state index in [9.17, 15) is 23.4 Å². The van der Waals surface area contributed by atoms with E-state index in [4.69, 9.17) is 4.74 Å². The van der Waals surface area contributed by atoms with Crippen molar-refractivity contribution in [1.29, 1.82) is 0 Å². The van der Waals surface area contributed by atoms with Gasteiger partial charge in [0.2, 0.25) is 5.91 Å². The number of amides is 1. The van der Waals surface area contributed by atoms with Crippen molar-refractivity contribution in [2.24, 2.45) is 5.92 Å². The largest absolute Gasteiger partial charge is 0.497 e. The molecule has 2 aromatic carbocycles. The molecule has 0 saturated carbocycles. The van der Waals surface area contributed by atoms with Gasteiger partial charge in [-0.1, -0.05) is 56.3 Å². The van der Waals surface area contributed by atoms with Crippen LogP contribution in [0.15, 0.2) is 54.6 Å². The molecule has 2 rings (SSSR count). The van der Waals surface area contributed by atoms with Gasteiger partial charge >= 0.3 is 0 Å². The maximum absolute atomic E-state index is 12.7. The molecule has 2 aromatic rings. The third kappa shape index (κ3) is 11.1. The predicted molar refractivity (Wildman–Crippen MR) is 142 cm³/mol. The first kappa shape index (κ1) is 29.8. The SMILES string of the molecule is COc1cccc(CNC[C@H](O)[C@H](Cc2ccccc2)NC(=O)C(O)CCS(=O)(=O)CCC(C)C)c1. The minimum atomic E-state index is -3.35. The Morgan fingerprint density at radius 1 is 0.972 bits per heavy atom. The van der Waals surface area contributed by atoms with Crippen molar-refractivity contribution in [3.05, 3.63) is 65.7 Å². The third-order valence-electron chi connectivity index (χ3n) is 5.92. The van der Waals surface area contributed by atoms with Crippen LogP contribution in [0.25, 0.3) is 0 Å². The van der Waals surface area contributed by atoms with Crippen molar-refractivity contribution >= 4 is 15.7 Å². The van der Waals surface area contributed by atoms with Crippen molar-refractivity contribution in [3.8, 4) is 5.75 Å². The number of aliphatic hydroxyl groups excluding tert-OH is 2. The molecule has 200 valence electrons. The average molecular weight is 521 g/mol. The zero-order valence-electron chi connectivity index (χ0n) is 21.4. The lowest BCUT2D eigenvalue weighted by molar-refractivity contribution is -0.131. The Morgan fingerprint density at radius 2 is 1.64 bits per heavy atom. The Kier molecular flexibility index (Phi) is 12.4. The molecule has 0 bridgehead atoms. The summed E-state index contributed by atoms with van der Waals surface area (Å²) in [5.41, 5.74) is 1.90. The van der Waals surface area contributed by atoms with Gasteiger partial charge in [0.25, 0.3) is 0 Å². The monoisotopic (exact) mass is 520 g/mol. The molecule has 9 heteroatoms. The Hall–Kier alpha value is -2.46. The number of aliphatic hydroxyl groups is 2. The molecule has 1 amide bonds. The maximum Gasteiger partial charge on any atom is 0.249 e. The van der Waals surface area contributed by atoms with Gasteiger partial charge in [0, 0.05) is 13.1 Å². The molecule has 0 aliphatic carbocycles. The van der Waals surface area contributed by atoms with Crippen LogP contribution in [0.4, 0.5) is 0 Å². The highest BCUT2D eigenvalue weighted by molar-refractivity contribution is 7.91. The summed E-state index contributed by atoms with van der Waals surface area (Å²) in [5.74, 6) is 0.0761. The van der Waals surface area contributed by atoms with Crippen LogP contribution in [0.3, 0.4) is 0 Å². The molecule has 0 saturated heterocycles. The highest BCUT2D eigenvalue weighted by atomic mass is 32.2. The predicted octanol–water partition coefficient (Wildman–Crippen LogP) is 2.09. The zero-order chi connectivity index (χ0) is 26.6. The van der Waals surface area contributed by atoms with Crippen LogP contribution in [0.5, 0.6) is 5.75 Å². The molecule has 4 N–H and O–H groups in total. The molecule has 0 heterocycles. The molecule has 0 aliphatic heterocycles. The summed E-state index contributed by atoms with van der Waals surface area (Å²) in [6.45, 7) is 4.59. The minimum absolute atomic E-state index is 0.0350. The Bertz CT molecular complexity index is 1030. The number of ether oxygens (including phenoxy) is 1. The van der Waals surface area contributed by atoms with Crippen molar-refractivity contribution in [2.75, 3.05) is 25.2 Å². The van der Waals surface area contributed by atoms with E-state index in [2.05, 4.69) is 10.6 Å². The highest BCUT2D eigenvalue weighted by Gasteiger charge is 2.26. The van der Waals surface area contributed by atoms with E-state index in [0.29, 0.717) is 19.4 Å². The maximum atomic E-state index is 12.7. The number of carbonyl (C=O) groups excluding carboxylic acids is 1. The van der Waals surface area contributed by atoms with Gasteiger partial charge in [0.15, 0.2) is 0 Å². The van der Waals surface area contributed by atoms with Crippen LogP contribution < -0.4 is 15.4 Å². The second kappa shape index (κ2) is 14.9. The van der Waals surface area contributed by atoms with E-state index in [1.165, 1.54) is 0 Å². The number of hydrogen-bond donors (Lipinski definition) is 4. The van der Waals surface area contributed by atoms with Crippen LogP contribution in [-0.2, 0) is 27.6 Å².